The zero-order chi connectivity index (χ0) is 19.4. The topological polar surface area (TPSA) is 135 Å². The van der Waals surface area contributed by atoms with Crippen LogP contribution in [0.4, 0.5) is 5.69 Å². The number of amides is 1. The Balaban J connectivity index is 2.06. The van der Waals surface area contributed by atoms with E-state index in [9.17, 15) is 24.8 Å². The molecule has 0 unspecified atom stereocenters. The number of rotatable bonds is 6. The quantitative estimate of drug-likeness (QED) is 0.408. The molecule has 1 amide bonds. The van der Waals surface area contributed by atoms with Crippen LogP contribution in [0.2, 0.25) is 0 Å². The number of carbonyl (C=O) groups excluding carboxylic acids is 2. The summed E-state index contributed by atoms with van der Waals surface area (Å²) in [5.74, 6) is -1.03. The summed E-state index contributed by atoms with van der Waals surface area (Å²) >= 11 is 0. The van der Waals surface area contributed by atoms with E-state index in [1.807, 2.05) is 0 Å². The summed E-state index contributed by atoms with van der Waals surface area (Å²) in [7, 11) is 1.26. The van der Waals surface area contributed by atoms with Crippen LogP contribution in [0, 0.1) is 24.0 Å². The van der Waals surface area contributed by atoms with Crippen LogP contribution < -0.4 is 5.32 Å². The highest BCUT2D eigenvalue weighted by molar-refractivity contribution is 6.00. The monoisotopic (exact) mass is 361 g/mol. The number of benzene rings is 1. The van der Waals surface area contributed by atoms with Gasteiger partial charge in [-0.3, -0.25) is 14.9 Å². The number of aliphatic hydroxyl groups excluding tert-OH is 1. The van der Waals surface area contributed by atoms with Gasteiger partial charge in [-0.15, -0.1) is 0 Å². The number of aliphatic hydroxyl groups is 1. The number of nitro benzene ring substituents is 1. The van der Waals surface area contributed by atoms with Gasteiger partial charge in [-0.2, -0.15) is 0 Å². The van der Waals surface area contributed by atoms with Crippen molar-refractivity contribution in [3.63, 3.8) is 0 Å². The van der Waals surface area contributed by atoms with Gasteiger partial charge in [-0.25, -0.2) is 4.79 Å². The second kappa shape index (κ2) is 7.79. The van der Waals surface area contributed by atoms with Gasteiger partial charge in [0.05, 0.1) is 23.7 Å². The highest BCUT2D eigenvalue weighted by atomic mass is 16.6. The van der Waals surface area contributed by atoms with Gasteiger partial charge < -0.3 is 20.1 Å². The molecule has 0 aliphatic carbocycles. The molecule has 9 nitrogen and oxygen atoms in total. The predicted octanol–water partition coefficient (Wildman–Crippen LogP) is 1.79. The molecule has 1 atom stereocenters. The molecule has 0 fully saturated rings. The molecule has 3 N–H and O–H groups in total. The lowest BCUT2D eigenvalue weighted by Gasteiger charge is -2.12. The molecule has 2 aromatic rings. The third-order valence-electron chi connectivity index (χ3n) is 4.00. The Labute approximate surface area is 149 Å². The van der Waals surface area contributed by atoms with Crippen molar-refractivity contribution >= 4 is 17.6 Å². The van der Waals surface area contributed by atoms with Crippen molar-refractivity contribution in [3.8, 4) is 0 Å². The highest BCUT2D eigenvalue weighted by Gasteiger charge is 2.23. The van der Waals surface area contributed by atoms with Crippen molar-refractivity contribution in [2.24, 2.45) is 0 Å². The number of ether oxygens (including phenoxy) is 1. The fourth-order valence-electron chi connectivity index (χ4n) is 2.60. The average Bonchev–Trinajstić information content (AvgIpc) is 2.93. The molecule has 0 radical (unpaired) electrons. The van der Waals surface area contributed by atoms with Gasteiger partial charge in [0.25, 0.3) is 11.6 Å². The SMILES string of the molecule is COC(=O)c1c(C)[nH]c(C(=O)NC[C@@H](O)c2ccc([N+](=O)[O-])cc2)c1C. The molecule has 1 heterocycles. The Morgan fingerprint density at radius 2 is 1.92 bits per heavy atom. The van der Waals surface area contributed by atoms with Crippen molar-refractivity contribution in [3.05, 3.63) is 62.5 Å². The van der Waals surface area contributed by atoms with Crippen LogP contribution in [0.5, 0.6) is 0 Å². The molecular formula is C17H19N3O6. The summed E-state index contributed by atoms with van der Waals surface area (Å²) < 4.78 is 4.69. The smallest absolute Gasteiger partial charge is 0.339 e. The van der Waals surface area contributed by atoms with Crippen LogP contribution >= 0.6 is 0 Å². The Hall–Kier alpha value is -3.20. The number of aryl methyl sites for hydroxylation is 1. The number of nitrogens with zero attached hydrogens (tertiary/aromatic N) is 1. The second-order valence-electron chi connectivity index (χ2n) is 5.69. The third kappa shape index (κ3) is 3.89. The van der Waals surface area contributed by atoms with Crippen molar-refractivity contribution in [2.75, 3.05) is 13.7 Å². The average molecular weight is 361 g/mol. The van der Waals surface area contributed by atoms with Gasteiger partial charge in [0.1, 0.15) is 5.69 Å². The molecule has 0 saturated carbocycles. The van der Waals surface area contributed by atoms with Gasteiger partial charge in [-0.1, -0.05) is 0 Å². The lowest BCUT2D eigenvalue weighted by Crippen LogP contribution is -2.29. The molecule has 1 aromatic carbocycles. The molecule has 1 aromatic heterocycles. The maximum absolute atomic E-state index is 12.3. The molecule has 0 bridgehead atoms. The second-order valence-corrected chi connectivity index (χ2v) is 5.69. The van der Waals surface area contributed by atoms with Crippen LogP contribution in [0.25, 0.3) is 0 Å². The highest BCUT2D eigenvalue weighted by Crippen LogP contribution is 2.20. The summed E-state index contributed by atoms with van der Waals surface area (Å²) in [5.41, 5.74) is 1.82. The largest absolute Gasteiger partial charge is 0.465 e. The van der Waals surface area contributed by atoms with E-state index in [0.717, 1.165) is 0 Å². The molecule has 2 rings (SSSR count). The molecule has 138 valence electrons. The molecule has 0 aliphatic rings. The van der Waals surface area contributed by atoms with E-state index >= 15 is 0 Å². The standard InChI is InChI=1S/C17H19N3O6/c1-9-14(17(23)26-3)10(2)19-15(9)16(22)18-8-13(21)11-4-6-12(7-5-11)20(24)25/h4-7,13,19,21H,8H2,1-3H3,(H,18,22)/t13-/m1/s1. The number of methoxy groups -OCH3 is 1. The van der Waals surface area contributed by atoms with Crippen molar-refractivity contribution in [1.29, 1.82) is 0 Å². The summed E-state index contributed by atoms with van der Waals surface area (Å²) in [6.45, 7) is 3.18. The summed E-state index contributed by atoms with van der Waals surface area (Å²) in [4.78, 5) is 37.0. The summed E-state index contributed by atoms with van der Waals surface area (Å²) in [6, 6.07) is 5.41. The predicted molar refractivity (Wildman–Crippen MR) is 92.0 cm³/mol. The van der Waals surface area contributed by atoms with E-state index in [0.29, 0.717) is 22.4 Å². The number of H-pyrrole nitrogens is 1. The molecule has 0 saturated heterocycles. The van der Waals surface area contributed by atoms with Gasteiger partial charge in [0.2, 0.25) is 0 Å². The number of esters is 1. The third-order valence-corrected chi connectivity index (χ3v) is 4.00. The van der Waals surface area contributed by atoms with Gasteiger partial charge in [0, 0.05) is 24.4 Å². The van der Waals surface area contributed by atoms with E-state index in [2.05, 4.69) is 10.3 Å². The Morgan fingerprint density at radius 1 is 1.31 bits per heavy atom. The van der Waals surface area contributed by atoms with Crippen LogP contribution in [0.15, 0.2) is 24.3 Å². The number of nitro groups is 1. The fraction of sp³-hybridized carbons (Fsp3) is 0.294. The first kappa shape index (κ1) is 19.1. The number of non-ortho nitro benzene ring substituents is 1. The normalized spacial score (nSPS) is 11.7. The zero-order valence-corrected chi connectivity index (χ0v) is 14.5. The van der Waals surface area contributed by atoms with Crippen LogP contribution in [0.1, 0.15) is 43.8 Å². The van der Waals surface area contributed by atoms with E-state index in [4.69, 9.17) is 4.74 Å². The first-order valence-corrected chi connectivity index (χ1v) is 7.74. The van der Waals surface area contributed by atoms with Gasteiger partial charge in [-0.05, 0) is 37.1 Å². The molecule has 0 spiro atoms. The van der Waals surface area contributed by atoms with E-state index < -0.39 is 22.9 Å². The minimum Gasteiger partial charge on any atom is -0.465 e. The molecule has 0 aliphatic heterocycles. The van der Waals surface area contributed by atoms with Gasteiger partial charge >= 0.3 is 5.97 Å². The van der Waals surface area contributed by atoms with Gasteiger partial charge in [0.15, 0.2) is 0 Å². The van der Waals surface area contributed by atoms with Crippen molar-refractivity contribution < 1.29 is 24.4 Å². The number of aromatic amines is 1. The van der Waals surface area contributed by atoms with Crippen LogP contribution in [0.3, 0.4) is 0 Å². The summed E-state index contributed by atoms with van der Waals surface area (Å²) in [5, 5.41) is 23.3. The first-order valence-electron chi connectivity index (χ1n) is 7.74. The number of aromatic nitrogens is 1. The molecule has 26 heavy (non-hydrogen) atoms. The van der Waals surface area contributed by atoms with E-state index in [1.54, 1.807) is 13.8 Å². The van der Waals surface area contributed by atoms with Crippen LogP contribution in [-0.4, -0.2) is 40.5 Å². The Morgan fingerprint density at radius 3 is 2.46 bits per heavy atom. The number of hydrogen-bond acceptors (Lipinski definition) is 6. The van der Waals surface area contributed by atoms with Crippen LogP contribution in [-0.2, 0) is 4.74 Å². The zero-order valence-electron chi connectivity index (χ0n) is 14.5. The van der Waals surface area contributed by atoms with Crippen molar-refractivity contribution in [1.82, 2.24) is 10.3 Å². The Bertz CT molecular complexity index is 841. The minimum atomic E-state index is -1.03. The van der Waals surface area contributed by atoms with E-state index in [-0.39, 0.29) is 17.9 Å². The number of carbonyl (C=O) groups is 2. The Kier molecular flexibility index (Phi) is 5.73. The fourth-order valence-corrected chi connectivity index (χ4v) is 2.60. The number of hydrogen-bond donors (Lipinski definition) is 3. The summed E-state index contributed by atoms with van der Waals surface area (Å²) in [6.07, 6.45) is -1.03. The lowest BCUT2D eigenvalue weighted by molar-refractivity contribution is -0.384. The number of nitrogens with one attached hydrogen (secondary N) is 2. The maximum atomic E-state index is 12.3. The molecule has 9 heteroatoms. The van der Waals surface area contributed by atoms with E-state index in [1.165, 1.54) is 31.4 Å². The first-order chi connectivity index (χ1) is 12.3. The maximum Gasteiger partial charge on any atom is 0.339 e. The van der Waals surface area contributed by atoms with Crippen molar-refractivity contribution in [2.45, 2.75) is 20.0 Å². The molecular weight excluding hydrogens is 342 g/mol. The minimum absolute atomic E-state index is 0.0854. The lowest BCUT2D eigenvalue weighted by atomic mass is 10.1.